The molecule has 0 N–H and O–H groups in total. The van der Waals surface area contributed by atoms with E-state index < -0.39 is 40.3 Å². The third kappa shape index (κ3) is 3.18. The van der Waals surface area contributed by atoms with Gasteiger partial charge in [0.05, 0.1) is 0 Å². The Kier molecular flexibility index (Phi) is 4.81. The van der Waals surface area contributed by atoms with Crippen LogP contribution in [0.25, 0.3) is 0 Å². The Balaban J connectivity index is 3.63. The summed E-state index contributed by atoms with van der Waals surface area (Å²) < 4.78 is 95.1. The highest BCUT2D eigenvalue weighted by atomic mass is 35.5. The molecular formula is C12H6ClF7O2. The Morgan fingerprint density at radius 1 is 1.00 bits per heavy atom. The summed E-state index contributed by atoms with van der Waals surface area (Å²) >= 11 is 4.98. The van der Waals surface area contributed by atoms with Gasteiger partial charge in [0.2, 0.25) is 0 Å². The Hall–Kier alpha value is -1.77. The minimum absolute atomic E-state index is 0.209. The van der Waals surface area contributed by atoms with E-state index in [4.69, 9.17) is 11.6 Å². The Labute approximate surface area is 124 Å². The molecule has 22 heavy (non-hydrogen) atoms. The molecule has 1 rings (SSSR count). The summed E-state index contributed by atoms with van der Waals surface area (Å²) in [5, 5.41) is -1.18. The van der Waals surface area contributed by atoms with Gasteiger partial charge in [0.15, 0.2) is 0 Å². The number of carbonyl (C=O) groups is 1. The Bertz CT molecular complexity index is 561. The molecule has 0 unspecified atom stereocenters. The predicted molar refractivity (Wildman–Crippen MR) is 61.3 cm³/mol. The van der Waals surface area contributed by atoms with E-state index in [2.05, 4.69) is 11.3 Å². The Morgan fingerprint density at radius 3 is 1.73 bits per heavy atom. The number of halogens is 8. The maximum atomic E-state index is 13.1. The van der Waals surface area contributed by atoms with Gasteiger partial charge in [0.1, 0.15) is 10.8 Å². The van der Waals surface area contributed by atoms with Crippen LogP contribution in [0.15, 0.2) is 35.9 Å². The summed E-state index contributed by atoms with van der Waals surface area (Å²) in [5.41, 5.74) is -6.53. The maximum absolute atomic E-state index is 13.1. The molecule has 0 fully saturated rings. The highest BCUT2D eigenvalue weighted by molar-refractivity contribution is 6.40. The SMILES string of the molecule is C=C(Cl)C(=O)OC(c1ccc(F)cc1)(C(F)(F)F)C(F)(F)F. The topological polar surface area (TPSA) is 26.3 Å². The van der Waals surface area contributed by atoms with Crippen molar-refractivity contribution in [2.24, 2.45) is 0 Å². The van der Waals surface area contributed by atoms with Crippen molar-refractivity contribution < 1.29 is 40.3 Å². The van der Waals surface area contributed by atoms with E-state index in [1.807, 2.05) is 0 Å². The highest BCUT2D eigenvalue weighted by Gasteiger charge is 2.75. The van der Waals surface area contributed by atoms with E-state index in [1.165, 1.54) is 0 Å². The van der Waals surface area contributed by atoms with Crippen molar-refractivity contribution in [3.05, 3.63) is 47.3 Å². The zero-order chi connectivity index (χ0) is 17.3. The first-order valence-corrected chi connectivity index (χ1v) is 5.68. The fraction of sp³-hybridized carbons (Fsp3) is 0.250. The van der Waals surface area contributed by atoms with E-state index in [1.54, 1.807) is 0 Å². The van der Waals surface area contributed by atoms with Gasteiger partial charge in [-0.3, -0.25) is 0 Å². The van der Waals surface area contributed by atoms with Crippen LogP contribution >= 0.6 is 11.6 Å². The number of hydrogen-bond donors (Lipinski definition) is 0. The maximum Gasteiger partial charge on any atom is 0.442 e. The molecule has 0 atom stereocenters. The first kappa shape index (κ1) is 18.3. The van der Waals surface area contributed by atoms with Gasteiger partial charge in [0.25, 0.3) is 0 Å². The standard InChI is InChI=1S/C12H6ClF7O2/c1-6(13)9(21)22-10(11(15,16)17,12(18,19)20)7-2-4-8(14)5-3-7/h2-5H,1H2. The van der Waals surface area contributed by atoms with Gasteiger partial charge in [0, 0.05) is 5.56 Å². The van der Waals surface area contributed by atoms with Crippen LogP contribution in [-0.4, -0.2) is 18.3 Å². The van der Waals surface area contributed by atoms with Crippen LogP contribution in [0.4, 0.5) is 30.7 Å². The number of alkyl halides is 6. The molecule has 0 radical (unpaired) electrons. The van der Waals surface area contributed by atoms with E-state index in [9.17, 15) is 35.5 Å². The highest BCUT2D eigenvalue weighted by Crippen LogP contribution is 2.53. The number of hydrogen-bond acceptors (Lipinski definition) is 2. The van der Waals surface area contributed by atoms with Gasteiger partial charge < -0.3 is 4.74 Å². The van der Waals surface area contributed by atoms with Crippen molar-refractivity contribution in [2.75, 3.05) is 0 Å². The van der Waals surface area contributed by atoms with Crippen molar-refractivity contribution in [3.63, 3.8) is 0 Å². The lowest BCUT2D eigenvalue weighted by Gasteiger charge is -2.36. The zero-order valence-corrected chi connectivity index (χ0v) is 11.1. The molecule has 0 saturated heterocycles. The molecular weight excluding hydrogens is 345 g/mol. The first-order valence-electron chi connectivity index (χ1n) is 5.30. The third-order valence-electron chi connectivity index (χ3n) is 2.52. The predicted octanol–water partition coefficient (Wildman–Crippen LogP) is 4.44. The van der Waals surface area contributed by atoms with Crippen LogP contribution in [0.1, 0.15) is 5.56 Å². The molecule has 0 aliphatic carbocycles. The molecule has 122 valence electrons. The van der Waals surface area contributed by atoms with Gasteiger partial charge >= 0.3 is 23.9 Å². The van der Waals surface area contributed by atoms with Crippen LogP contribution in [0.2, 0.25) is 0 Å². The summed E-state index contributed by atoms with van der Waals surface area (Å²) in [5.74, 6) is -3.18. The molecule has 1 aromatic rings. The molecule has 0 saturated carbocycles. The molecule has 10 heteroatoms. The third-order valence-corrected chi connectivity index (χ3v) is 2.67. The summed E-state index contributed by atoms with van der Waals surface area (Å²) in [6.45, 7) is 2.71. The molecule has 0 aliphatic rings. The first-order chi connectivity index (χ1) is 9.83. The summed E-state index contributed by atoms with van der Waals surface area (Å²) in [7, 11) is 0. The van der Waals surface area contributed by atoms with Gasteiger partial charge in [-0.2, -0.15) is 26.3 Å². The molecule has 0 amide bonds. The number of ether oxygens (including phenoxy) is 1. The molecule has 2 nitrogen and oxygen atoms in total. The summed E-state index contributed by atoms with van der Waals surface area (Å²) in [4.78, 5) is 11.2. The van der Waals surface area contributed by atoms with Crippen molar-refractivity contribution in [1.82, 2.24) is 0 Å². The van der Waals surface area contributed by atoms with Crippen LogP contribution in [0.5, 0.6) is 0 Å². The smallest absolute Gasteiger partial charge is 0.430 e. The van der Waals surface area contributed by atoms with Crippen LogP contribution < -0.4 is 0 Å². The summed E-state index contributed by atoms with van der Waals surface area (Å²) in [6, 6.07) is 1.15. The quantitative estimate of drug-likeness (QED) is 0.457. The average Bonchev–Trinajstić information content (AvgIpc) is 2.33. The van der Waals surface area contributed by atoms with Crippen molar-refractivity contribution in [1.29, 1.82) is 0 Å². The van der Waals surface area contributed by atoms with E-state index in [0.717, 1.165) is 0 Å². The van der Waals surface area contributed by atoms with E-state index >= 15 is 0 Å². The minimum atomic E-state index is -6.08. The van der Waals surface area contributed by atoms with Crippen molar-refractivity contribution in [3.8, 4) is 0 Å². The van der Waals surface area contributed by atoms with Crippen molar-refractivity contribution >= 4 is 17.6 Å². The molecule has 0 spiro atoms. The molecule has 0 aliphatic heterocycles. The number of rotatable bonds is 3. The summed E-state index contributed by atoms with van der Waals surface area (Å²) in [6.07, 6.45) is -12.2. The van der Waals surface area contributed by atoms with Gasteiger partial charge in [-0.15, -0.1) is 0 Å². The lowest BCUT2D eigenvalue weighted by atomic mass is 9.91. The fourth-order valence-electron chi connectivity index (χ4n) is 1.54. The van der Waals surface area contributed by atoms with E-state index in [-0.39, 0.29) is 12.1 Å². The Morgan fingerprint density at radius 2 is 1.41 bits per heavy atom. The molecule has 0 heterocycles. The van der Waals surface area contributed by atoms with E-state index in [0.29, 0.717) is 12.1 Å². The monoisotopic (exact) mass is 350 g/mol. The second-order valence-corrected chi connectivity index (χ2v) is 4.43. The largest absolute Gasteiger partial charge is 0.442 e. The lowest BCUT2D eigenvalue weighted by molar-refractivity contribution is -0.376. The fourth-order valence-corrected chi connectivity index (χ4v) is 1.58. The van der Waals surface area contributed by atoms with Crippen LogP contribution in [0.3, 0.4) is 0 Å². The number of esters is 1. The number of benzene rings is 1. The zero-order valence-electron chi connectivity index (χ0n) is 10.4. The molecule has 1 aromatic carbocycles. The molecule has 0 aromatic heterocycles. The van der Waals surface area contributed by atoms with Crippen molar-refractivity contribution in [2.45, 2.75) is 18.0 Å². The second-order valence-electron chi connectivity index (χ2n) is 3.98. The lowest BCUT2D eigenvalue weighted by Crippen LogP contribution is -2.56. The normalized spacial score (nSPS) is 12.9. The van der Waals surface area contributed by atoms with Gasteiger partial charge in [-0.1, -0.05) is 30.3 Å². The van der Waals surface area contributed by atoms with Gasteiger partial charge in [-0.25, -0.2) is 9.18 Å². The molecule has 0 bridgehead atoms. The van der Waals surface area contributed by atoms with Gasteiger partial charge in [-0.05, 0) is 12.1 Å². The second kappa shape index (κ2) is 5.79. The minimum Gasteiger partial charge on any atom is -0.430 e. The van der Waals surface area contributed by atoms with Crippen LogP contribution in [0, 0.1) is 5.82 Å². The average molecular weight is 351 g/mol. The number of carbonyl (C=O) groups excluding carboxylic acids is 1. The van der Waals surface area contributed by atoms with Crippen LogP contribution in [-0.2, 0) is 15.1 Å².